The topological polar surface area (TPSA) is 91.3 Å². The first-order valence-corrected chi connectivity index (χ1v) is 5.83. The summed E-state index contributed by atoms with van der Waals surface area (Å²) in [5.41, 5.74) is 0.493. The van der Waals surface area contributed by atoms with E-state index in [2.05, 4.69) is 15.6 Å². The lowest BCUT2D eigenvalue weighted by Crippen LogP contribution is -2.24. The highest BCUT2D eigenvalue weighted by atomic mass is 16.4. The van der Waals surface area contributed by atoms with Crippen LogP contribution < -0.4 is 10.6 Å². The number of nitrogens with zero attached hydrogens (tertiary/aromatic N) is 1. The van der Waals surface area contributed by atoms with Crippen LogP contribution in [0.15, 0.2) is 18.3 Å². The number of carboxylic acids is 1. The van der Waals surface area contributed by atoms with Crippen molar-refractivity contribution in [3.8, 4) is 0 Å². The molecule has 0 unspecified atom stereocenters. The third-order valence-electron chi connectivity index (χ3n) is 2.21. The second-order valence-corrected chi connectivity index (χ2v) is 3.76. The van der Waals surface area contributed by atoms with Crippen LogP contribution in [0.1, 0.15) is 30.1 Å². The van der Waals surface area contributed by atoms with Crippen molar-refractivity contribution in [3.63, 3.8) is 0 Å². The number of amides is 1. The Balaban J connectivity index is 2.46. The van der Waals surface area contributed by atoms with Gasteiger partial charge >= 0.3 is 5.97 Å². The number of nitrogens with one attached hydrogen (secondary N) is 2. The molecule has 0 aliphatic carbocycles. The normalized spacial score (nSPS) is 9.83. The molecule has 0 aromatic carbocycles. The first kappa shape index (κ1) is 14.0. The van der Waals surface area contributed by atoms with Crippen molar-refractivity contribution in [2.45, 2.75) is 19.8 Å². The van der Waals surface area contributed by atoms with E-state index in [9.17, 15) is 9.59 Å². The zero-order valence-corrected chi connectivity index (χ0v) is 10.3. The molecule has 1 heterocycles. The number of rotatable bonds is 7. The highest BCUT2D eigenvalue weighted by Crippen LogP contribution is 2.05. The molecule has 18 heavy (non-hydrogen) atoms. The fourth-order valence-electron chi connectivity index (χ4n) is 1.27. The molecule has 1 rings (SSSR count). The number of carbonyl (C=O) groups is 2. The molecule has 0 radical (unpaired) electrons. The van der Waals surface area contributed by atoms with Crippen LogP contribution in [0.5, 0.6) is 0 Å². The van der Waals surface area contributed by atoms with E-state index in [1.807, 2.05) is 6.92 Å². The number of anilines is 1. The Hall–Kier alpha value is -2.11. The average molecular weight is 251 g/mol. The van der Waals surface area contributed by atoms with Gasteiger partial charge < -0.3 is 15.7 Å². The quantitative estimate of drug-likeness (QED) is 0.675. The number of carbonyl (C=O) groups excluding carboxylic acids is 1. The molecule has 0 saturated heterocycles. The van der Waals surface area contributed by atoms with Crippen LogP contribution in [0, 0.1) is 0 Å². The summed E-state index contributed by atoms with van der Waals surface area (Å²) < 4.78 is 0. The van der Waals surface area contributed by atoms with Gasteiger partial charge in [-0.15, -0.1) is 0 Å². The van der Waals surface area contributed by atoms with Gasteiger partial charge in [-0.05, 0) is 18.6 Å². The van der Waals surface area contributed by atoms with Gasteiger partial charge in [-0.1, -0.05) is 6.92 Å². The first-order chi connectivity index (χ1) is 8.63. The van der Waals surface area contributed by atoms with E-state index in [1.54, 1.807) is 12.1 Å². The van der Waals surface area contributed by atoms with Crippen LogP contribution in [0.4, 0.5) is 5.82 Å². The van der Waals surface area contributed by atoms with Crippen LogP contribution in [-0.2, 0) is 4.79 Å². The van der Waals surface area contributed by atoms with Crippen molar-refractivity contribution < 1.29 is 14.7 Å². The Morgan fingerprint density at radius 1 is 1.33 bits per heavy atom. The second kappa shape index (κ2) is 7.26. The van der Waals surface area contributed by atoms with E-state index in [0.717, 1.165) is 6.42 Å². The lowest BCUT2D eigenvalue weighted by Gasteiger charge is -2.05. The smallest absolute Gasteiger partial charge is 0.305 e. The van der Waals surface area contributed by atoms with Crippen LogP contribution in [0.3, 0.4) is 0 Å². The van der Waals surface area contributed by atoms with Gasteiger partial charge in [0.2, 0.25) is 0 Å². The summed E-state index contributed by atoms with van der Waals surface area (Å²) in [7, 11) is 0. The van der Waals surface area contributed by atoms with Gasteiger partial charge in [0.1, 0.15) is 5.82 Å². The minimum Gasteiger partial charge on any atom is -0.481 e. The Bertz CT molecular complexity index is 404. The standard InChI is InChI=1S/C12H17N3O3/c1-2-6-14-12(18)9-3-4-10(15-8-9)13-7-5-11(16)17/h3-4,8H,2,5-7H2,1H3,(H,13,15)(H,14,18)(H,16,17). The number of hydrogen-bond acceptors (Lipinski definition) is 4. The van der Waals surface area contributed by atoms with Crippen molar-refractivity contribution >= 4 is 17.7 Å². The van der Waals surface area contributed by atoms with Gasteiger partial charge in [0.25, 0.3) is 5.91 Å². The molecular formula is C12H17N3O3. The monoisotopic (exact) mass is 251 g/mol. The minimum atomic E-state index is -0.863. The molecule has 0 aliphatic heterocycles. The SMILES string of the molecule is CCCNC(=O)c1ccc(NCCC(=O)O)nc1. The van der Waals surface area contributed by atoms with E-state index < -0.39 is 5.97 Å². The fraction of sp³-hybridized carbons (Fsp3) is 0.417. The summed E-state index contributed by atoms with van der Waals surface area (Å²) in [6.45, 7) is 2.93. The summed E-state index contributed by atoms with van der Waals surface area (Å²) in [6.07, 6.45) is 2.38. The summed E-state index contributed by atoms with van der Waals surface area (Å²) in [6, 6.07) is 3.31. The maximum Gasteiger partial charge on any atom is 0.305 e. The lowest BCUT2D eigenvalue weighted by atomic mass is 10.2. The average Bonchev–Trinajstić information content (AvgIpc) is 2.36. The Kier molecular flexibility index (Phi) is 5.63. The van der Waals surface area contributed by atoms with Crippen molar-refractivity contribution in [1.82, 2.24) is 10.3 Å². The van der Waals surface area contributed by atoms with Gasteiger partial charge in [0.15, 0.2) is 0 Å². The summed E-state index contributed by atoms with van der Waals surface area (Å²) in [5.74, 6) is -0.456. The van der Waals surface area contributed by atoms with Crippen molar-refractivity contribution in [2.75, 3.05) is 18.4 Å². The van der Waals surface area contributed by atoms with Gasteiger partial charge in [-0.3, -0.25) is 9.59 Å². The zero-order chi connectivity index (χ0) is 13.4. The zero-order valence-electron chi connectivity index (χ0n) is 10.3. The van der Waals surface area contributed by atoms with E-state index in [4.69, 9.17) is 5.11 Å². The van der Waals surface area contributed by atoms with Crippen LogP contribution in [0.2, 0.25) is 0 Å². The van der Waals surface area contributed by atoms with Crippen LogP contribution in [0.25, 0.3) is 0 Å². The lowest BCUT2D eigenvalue weighted by molar-refractivity contribution is -0.136. The van der Waals surface area contributed by atoms with Gasteiger partial charge in [-0.2, -0.15) is 0 Å². The third-order valence-corrected chi connectivity index (χ3v) is 2.21. The number of pyridine rings is 1. The molecule has 6 heteroatoms. The fourth-order valence-corrected chi connectivity index (χ4v) is 1.27. The van der Waals surface area contributed by atoms with E-state index in [-0.39, 0.29) is 12.3 Å². The first-order valence-electron chi connectivity index (χ1n) is 5.83. The maximum atomic E-state index is 11.6. The molecule has 0 saturated carbocycles. The molecule has 0 spiro atoms. The van der Waals surface area contributed by atoms with Gasteiger partial charge in [0.05, 0.1) is 12.0 Å². The molecule has 0 aliphatic rings. The highest BCUT2D eigenvalue weighted by molar-refractivity contribution is 5.94. The number of aromatic nitrogens is 1. The molecule has 0 atom stereocenters. The predicted molar refractivity (Wildman–Crippen MR) is 67.6 cm³/mol. The minimum absolute atomic E-state index is 0.0282. The molecule has 1 aromatic heterocycles. The van der Waals surface area contributed by atoms with Gasteiger partial charge in [-0.25, -0.2) is 4.98 Å². The van der Waals surface area contributed by atoms with Crippen molar-refractivity contribution in [2.24, 2.45) is 0 Å². The van der Waals surface area contributed by atoms with Gasteiger partial charge in [0, 0.05) is 19.3 Å². The van der Waals surface area contributed by atoms with E-state index in [1.165, 1.54) is 6.20 Å². The number of carboxylic acid groups (broad SMARTS) is 1. The van der Waals surface area contributed by atoms with E-state index >= 15 is 0 Å². The van der Waals surface area contributed by atoms with Crippen molar-refractivity contribution in [1.29, 1.82) is 0 Å². The Labute approximate surface area is 105 Å². The molecule has 6 nitrogen and oxygen atoms in total. The largest absolute Gasteiger partial charge is 0.481 e. The molecule has 1 aromatic rings. The van der Waals surface area contributed by atoms with Crippen LogP contribution >= 0.6 is 0 Å². The molecule has 0 fully saturated rings. The summed E-state index contributed by atoms with van der Waals surface area (Å²) in [5, 5.41) is 14.1. The Morgan fingerprint density at radius 3 is 2.67 bits per heavy atom. The maximum absolute atomic E-state index is 11.6. The summed E-state index contributed by atoms with van der Waals surface area (Å²) in [4.78, 5) is 25.9. The number of aliphatic carboxylic acids is 1. The van der Waals surface area contributed by atoms with Crippen LogP contribution in [-0.4, -0.2) is 35.1 Å². The van der Waals surface area contributed by atoms with E-state index in [0.29, 0.717) is 24.5 Å². The predicted octanol–water partition coefficient (Wildman–Crippen LogP) is 1.11. The molecular weight excluding hydrogens is 234 g/mol. The molecule has 1 amide bonds. The van der Waals surface area contributed by atoms with Crippen molar-refractivity contribution in [3.05, 3.63) is 23.9 Å². The molecule has 98 valence electrons. The third kappa shape index (κ3) is 4.82. The second-order valence-electron chi connectivity index (χ2n) is 3.76. The summed E-state index contributed by atoms with van der Waals surface area (Å²) >= 11 is 0. The number of hydrogen-bond donors (Lipinski definition) is 3. The highest BCUT2D eigenvalue weighted by Gasteiger charge is 2.05. The molecule has 0 bridgehead atoms. The Morgan fingerprint density at radius 2 is 2.11 bits per heavy atom. The molecule has 3 N–H and O–H groups in total.